The van der Waals surface area contributed by atoms with E-state index < -0.39 is 0 Å². The number of hydrogen-bond acceptors (Lipinski definition) is 1. The topological polar surface area (TPSA) is 19.7 Å². The summed E-state index contributed by atoms with van der Waals surface area (Å²) in [5.41, 5.74) is 3.37. The number of piperazine rings is 1. The van der Waals surface area contributed by atoms with Gasteiger partial charge in [0.1, 0.15) is 11.9 Å². The van der Waals surface area contributed by atoms with Crippen molar-refractivity contribution in [3.05, 3.63) is 101 Å². The van der Waals surface area contributed by atoms with Gasteiger partial charge in [-0.25, -0.2) is 4.39 Å². The number of nitrogens with zero attached hydrogens (tertiary/aromatic N) is 1. The third kappa shape index (κ3) is 4.98. The summed E-state index contributed by atoms with van der Waals surface area (Å²) >= 11 is 11.7. The Balaban J connectivity index is 1.45. The smallest absolute Gasteiger partial charge is 0.173 e. The van der Waals surface area contributed by atoms with Gasteiger partial charge in [0.2, 0.25) is 0 Å². The molecule has 0 unspecified atom stereocenters. The van der Waals surface area contributed by atoms with E-state index >= 15 is 0 Å². The summed E-state index contributed by atoms with van der Waals surface area (Å²) in [4.78, 5) is 3.69. The molecule has 1 atom stereocenters. The fourth-order valence-electron chi connectivity index (χ4n) is 3.99. The normalized spacial score (nSPS) is 15.6. The van der Waals surface area contributed by atoms with Crippen molar-refractivity contribution in [1.29, 1.82) is 0 Å². The number of anilines is 1. The van der Waals surface area contributed by atoms with Crippen molar-refractivity contribution in [2.75, 3.05) is 31.5 Å². The van der Waals surface area contributed by atoms with Gasteiger partial charge in [0, 0.05) is 21.8 Å². The largest absolute Gasteiger partial charge is 0.338 e. The first kappa shape index (κ1) is 20.8. The molecule has 2 N–H and O–H groups in total. The molecule has 154 valence electrons. The van der Waals surface area contributed by atoms with Crippen molar-refractivity contribution in [3.63, 3.8) is 0 Å². The zero-order valence-electron chi connectivity index (χ0n) is 16.5. The minimum atomic E-state index is -0.252. The van der Waals surface area contributed by atoms with Gasteiger partial charge < -0.3 is 15.1 Å². The maximum absolute atomic E-state index is 13.1. The Labute approximate surface area is 187 Å². The highest BCUT2D eigenvalue weighted by molar-refractivity contribution is 7.80. The summed E-state index contributed by atoms with van der Waals surface area (Å²) in [6, 6.07) is 25.3. The van der Waals surface area contributed by atoms with Crippen molar-refractivity contribution >= 4 is 34.6 Å². The predicted molar refractivity (Wildman–Crippen MR) is 125 cm³/mol. The maximum Gasteiger partial charge on any atom is 0.173 e. The number of rotatable bonds is 4. The van der Waals surface area contributed by atoms with Gasteiger partial charge in [-0.3, -0.25) is 0 Å². The first-order valence-corrected chi connectivity index (χ1v) is 10.9. The van der Waals surface area contributed by atoms with Gasteiger partial charge in [-0.05, 0) is 48.6 Å². The first-order valence-electron chi connectivity index (χ1n) is 10.1. The number of hydrogen-bond donors (Lipinski definition) is 2. The lowest BCUT2D eigenvalue weighted by Crippen LogP contribution is -3.15. The number of halogens is 2. The van der Waals surface area contributed by atoms with E-state index in [1.54, 1.807) is 12.1 Å². The molecule has 30 heavy (non-hydrogen) atoms. The minimum Gasteiger partial charge on any atom is -0.338 e. The SMILES string of the molecule is Fc1ccc(NC(=S)N2CC[NH+]([C@H](c3ccccc3)c3ccc(Cl)cc3)CC2)cc1. The van der Waals surface area contributed by atoms with E-state index in [0.29, 0.717) is 5.11 Å². The van der Waals surface area contributed by atoms with E-state index in [1.807, 2.05) is 12.1 Å². The minimum absolute atomic E-state index is 0.252. The van der Waals surface area contributed by atoms with E-state index in [0.717, 1.165) is 36.9 Å². The monoisotopic (exact) mass is 440 g/mol. The zero-order valence-corrected chi connectivity index (χ0v) is 18.1. The number of benzene rings is 3. The summed E-state index contributed by atoms with van der Waals surface area (Å²) in [6.45, 7) is 3.65. The lowest BCUT2D eigenvalue weighted by Gasteiger charge is -2.38. The standard InChI is InChI=1S/C24H23ClFN3S/c25-20-8-6-19(7-9-20)23(18-4-2-1-3-5-18)28-14-16-29(17-15-28)24(30)27-22-12-10-21(26)11-13-22/h1-13,23H,14-17H2,(H,27,30)/p+1/t23-/m1/s1. The van der Waals surface area contributed by atoms with Crippen LogP contribution in [0, 0.1) is 5.82 Å². The average molecular weight is 441 g/mol. The summed E-state index contributed by atoms with van der Waals surface area (Å²) in [6.07, 6.45) is 0. The van der Waals surface area contributed by atoms with Crippen LogP contribution in [0.3, 0.4) is 0 Å². The molecule has 0 spiro atoms. The fraction of sp³-hybridized carbons (Fsp3) is 0.208. The fourth-order valence-corrected chi connectivity index (χ4v) is 4.41. The van der Waals surface area contributed by atoms with Crippen LogP contribution in [0.5, 0.6) is 0 Å². The molecule has 0 saturated carbocycles. The highest BCUT2D eigenvalue weighted by Gasteiger charge is 2.30. The van der Waals surface area contributed by atoms with Gasteiger partial charge in [0.05, 0.1) is 26.2 Å². The van der Waals surface area contributed by atoms with Gasteiger partial charge in [-0.2, -0.15) is 0 Å². The average Bonchev–Trinajstić information content (AvgIpc) is 2.78. The summed E-state index contributed by atoms with van der Waals surface area (Å²) in [5, 5.41) is 4.66. The Kier molecular flexibility index (Phi) is 6.62. The summed E-state index contributed by atoms with van der Waals surface area (Å²) in [5.74, 6) is -0.252. The van der Waals surface area contributed by atoms with Crippen LogP contribution in [0.25, 0.3) is 0 Å². The lowest BCUT2D eigenvalue weighted by atomic mass is 9.96. The Morgan fingerprint density at radius 2 is 1.50 bits per heavy atom. The Bertz CT molecular complexity index is 972. The van der Waals surface area contributed by atoms with Gasteiger partial charge in [0.15, 0.2) is 5.11 Å². The highest BCUT2D eigenvalue weighted by Crippen LogP contribution is 2.21. The second-order valence-electron chi connectivity index (χ2n) is 7.48. The third-order valence-electron chi connectivity index (χ3n) is 5.53. The van der Waals surface area contributed by atoms with E-state index in [1.165, 1.54) is 28.2 Å². The van der Waals surface area contributed by atoms with Crippen LogP contribution >= 0.6 is 23.8 Å². The molecule has 0 radical (unpaired) electrons. The number of thiocarbonyl (C=S) groups is 1. The molecule has 4 rings (SSSR count). The summed E-state index contributed by atoms with van der Waals surface area (Å²) in [7, 11) is 0. The second-order valence-corrected chi connectivity index (χ2v) is 8.30. The van der Waals surface area contributed by atoms with Crippen LogP contribution < -0.4 is 10.2 Å². The zero-order chi connectivity index (χ0) is 20.9. The quantitative estimate of drug-likeness (QED) is 0.594. The Morgan fingerprint density at radius 3 is 2.13 bits per heavy atom. The third-order valence-corrected chi connectivity index (χ3v) is 6.15. The summed E-state index contributed by atoms with van der Waals surface area (Å²) < 4.78 is 13.1. The van der Waals surface area contributed by atoms with Gasteiger partial charge in [-0.1, -0.05) is 54.1 Å². The molecular formula is C24H24ClFN3S+. The molecule has 3 aromatic carbocycles. The maximum atomic E-state index is 13.1. The molecule has 3 aromatic rings. The van der Waals surface area contributed by atoms with Crippen LogP contribution in [0.4, 0.5) is 10.1 Å². The molecule has 0 aromatic heterocycles. The van der Waals surface area contributed by atoms with Crippen molar-refractivity contribution in [2.45, 2.75) is 6.04 Å². The Morgan fingerprint density at radius 1 is 0.900 bits per heavy atom. The predicted octanol–water partition coefficient (Wildman–Crippen LogP) is 4.17. The molecule has 1 aliphatic heterocycles. The van der Waals surface area contributed by atoms with Gasteiger partial charge in [-0.15, -0.1) is 0 Å². The first-order chi connectivity index (χ1) is 14.6. The molecule has 6 heteroatoms. The molecular weight excluding hydrogens is 417 g/mol. The molecule has 1 saturated heterocycles. The molecule has 1 aliphatic rings. The van der Waals surface area contributed by atoms with E-state index in [-0.39, 0.29) is 11.9 Å². The van der Waals surface area contributed by atoms with Gasteiger partial charge in [0.25, 0.3) is 0 Å². The van der Waals surface area contributed by atoms with Crippen molar-refractivity contribution in [1.82, 2.24) is 4.90 Å². The van der Waals surface area contributed by atoms with Crippen molar-refractivity contribution < 1.29 is 9.29 Å². The Hall–Kier alpha value is -2.47. The highest BCUT2D eigenvalue weighted by atomic mass is 35.5. The van der Waals surface area contributed by atoms with Crippen LogP contribution in [0.15, 0.2) is 78.9 Å². The molecule has 1 heterocycles. The van der Waals surface area contributed by atoms with Crippen molar-refractivity contribution in [2.24, 2.45) is 0 Å². The van der Waals surface area contributed by atoms with Gasteiger partial charge >= 0.3 is 0 Å². The molecule has 0 amide bonds. The number of nitrogens with one attached hydrogen (secondary N) is 2. The molecule has 3 nitrogen and oxygen atoms in total. The molecule has 1 fully saturated rings. The van der Waals surface area contributed by atoms with Crippen LogP contribution in [-0.2, 0) is 0 Å². The lowest BCUT2D eigenvalue weighted by molar-refractivity contribution is -0.929. The van der Waals surface area contributed by atoms with Crippen LogP contribution in [0.1, 0.15) is 17.2 Å². The molecule has 0 bridgehead atoms. The number of quaternary nitrogens is 1. The molecule has 0 aliphatic carbocycles. The van der Waals surface area contributed by atoms with Crippen LogP contribution in [0.2, 0.25) is 5.02 Å². The van der Waals surface area contributed by atoms with E-state index in [2.05, 4.69) is 52.7 Å². The van der Waals surface area contributed by atoms with Crippen LogP contribution in [-0.4, -0.2) is 36.2 Å². The van der Waals surface area contributed by atoms with Crippen molar-refractivity contribution in [3.8, 4) is 0 Å². The van der Waals surface area contributed by atoms with E-state index in [9.17, 15) is 4.39 Å². The second kappa shape index (κ2) is 9.56. The van der Waals surface area contributed by atoms with E-state index in [4.69, 9.17) is 23.8 Å².